The molecule has 3 atom stereocenters. The zero-order valence-electron chi connectivity index (χ0n) is 19.9. The number of piperidine rings is 1. The van der Waals surface area contributed by atoms with Gasteiger partial charge in [-0.1, -0.05) is 11.6 Å². The fraction of sp³-hybridized carbons (Fsp3) is 0.308. The maximum absolute atomic E-state index is 14.7. The molecule has 3 aromatic heterocycles. The number of fused-ring (bicyclic) bond motifs is 3. The minimum absolute atomic E-state index is 0.113. The number of aromatic amines is 1. The monoisotopic (exact) mass is 520 g/mol. The Morgan fingerprint density at radius 2 is 2.08 bits per heavy atom. The van der Waals surface area contributed by atoms with E-state index < -0.39 is 17.0 Å². The van der Waals surface area contributed by atoms with E-state index in [1.54, 1.807) is 10.9 Å². The van der Waals surface area contributed by atoms with Crippen LogP contribution in [0.25, 0.3) is 33.3 Å². The number of anilines is 1. The average molecular weight is 521 g/mol. The molecule has 3 N–H and O–H groups in total. The van der Waals surface area contributed by atoms with Crippen molar-refractivity contribution in [2.45, 2.75) is 11.8 Å². The van der Waals surface area contributed by atoms with Crippen LogP contribution in [0.15, 0.2) is 42.7 Å². The normalized spacial score (nSPS) is 23.1. The third kappa shape index (κ3) is 3.21. The summed E-state index contributed by atoms with van der Waals surface area (Å²) in [5.74, 6) is 0.181. The van der Waals surface area contributed by atoms with Crippen molar-refractivity contribution >= 4 is 39.5 Å². The van der Waals surface area contributed by atoms with Crippen molar-refractivity contribution in [1.29, 1.82) is 0 Å². The first-order chi connectivity index (χ1) is 17.9. The quantitative estimate of drug-likeness (QED) is 0.368. The molecule has 188 valence electrons. The molecule has 0 spiro atoms. The SMILES string of the molecule is Cn1cc2c(Cl)c(-c3n[nH]c4nc(N5CC[C@@H]6[C@H](C5)[C@@]6(CN)c5cc(F)ccc5F)cnc34)ccc2n1. The van der Waals surface area contributed by atoms with Crippen LogP contribution < -0.4 is 10.6 Å². The molecule has 0 amide bonds. The standard InChI is InChI=1S/C26H23ClF2N8/c1-36-10-15-20(35-36)5-3-14(22(15)27)23-24-25(34-33-23)32-21(9-31-24)37-7-6-16-18(11-37)26(16,12-30)17-8-13(28)2-4-19(17)29/h2-5,8-10,16,18H,6-7,11-12,30H2,1H3,(H,32,33,34)/t16-,18+,26-/m1/s1. The summed E-state index contributed by atoms with van der Waals surface area (Å²) in [5, 5.41) is 13.3. The molecule has 1 saturated carbocycles. The Morgan fingerprint density at radius 1 is 1.22 bits per heavy atom. The minimum Gasteiger partial charge on any atom is -0.355 e. The van der Waals surface area contributed by atoms with Gasteiger partial charge in [0, 0.05) is 49.2 Å². The van der Waals surface area contributed by atoms with E-state index in [4.69, 9.17) is 22.3 Å². The molecular formula is C26H23ClF2N8. The largest absolute Gasteiger partial charge is 0.355 e. The van der Waals surface area contributed by atoms with Gasteiger partial charge in [0.1, 0.15) is 28.7 Å². The zero-order chi connectivity index (χ0) is 25.5. The summed E-state index contributed by atoms with van der Waals surface area (Å²) in [7, 11) is 1.85. The van der Waals surface area contributed by atoms with Gasteiger partial charge in [0.05, 0.1) is 16.7 Å². The van der Waals surface area contributed by atoms with Gasteiger partial charge >= 0.3 is 0 Å². The molecular weight excluding hydrogens is 498 g/mol. The van der Waals surface area contributed by atoms with Crippen LogP contribution in [-0.4, -0.2) is 49.6 Å². The van der Waals surface area contributed by atoms with Crippen LogP contribution in [0.5, 0.6) is 0 Å². The van der Waals surface area contributed by atoms with E-state index in [1.165, 1.54) is 12.1 Å². The van der Waals surface area contributed by atoms with Crippen LogP contribution in [0.2, 0.25) is 5.02 Å². The molecule has 1 saturated heterocycles. The summed E-state index contributed by atoms with van der Waals surface area (Å²) in [5.41, 5.74) is 9.35. The number of hydrogen-bond acceptors (Lipinski definition) is 6. The van der Waals surface area contributed by atoms with Gasteiger partial charge in [-0.05, 0) is 54.2 Å². The smallest absolute Gasteiger partial charge is 0.177 e. The average Bonchev–Trinajstić information content (AvgIpc) is 3.14. The van der Waals surface area contributed by atoms with Crippen molar-refractivity contribution in [3.05, 3.63) is 64.9 Å². The van der Waals surface area contributed by atoms with Crippen LogP contribution in [0, 0.1) is 23.5 Å². The highest BCUT2D eigenvalue weighted by Crippen LogP contribution is 2.63. The number of nitrogens with one attached hydrogen (secondary N) is 1. The Morgan fingerprint density at radius 3 is 2.92 bits per heavy atom. The second-order valence-electron chi connectivity index (χ2n) is 9.98. The molecule has 2 fully saturated rings. The Labute approximate surface area is 215 Å². The summed E-state index contributed by atoms with van der Waals surface area (Å²) < 4.78 is 30.4. The second-order valence-corrected chi connectivity index (χ2v) is 10.4. The topological polar surface area (TPSA) is 102 Å². The van der Waals surface area contributed by atoms with E-state index in [0.717, 1.165) is 35.5 Å². The number of aromatic nitrogens is 6. The fourth-order valence-corrected chi connectivity index (χ4v) is 6.64. The highest BCUT2D eigenvalue weighted by atomic mass is 35.5. The van der Waals surface area contributed by atoms with Gasteiger partial charge in [0.2, 0.25) is 0 Å². The first-order valence-corrected chi connectivity index (χ1v) is 12.5. The van der Waals surface area contributed by atoms with Gasteiger partial charge in [-0.15, -0.1) is 0 Å². The lowest BCUT2D eigenvalue weighted by Crippen LogP contribution is -2.32. The molecule has 2 aromatic carbocycles. The van der Waals surface area contributed by atoms with Gasteiger partial charge in [-0.25, -0.2) is 18.7 Å². The minimum atomic E-state index is -0.554. The van der Waals surface area contributed by atoms with Crippen molar-refractivity contribution in [2.24, 2.45) is 24.6 Å². The second kappa shape index (κ2) is 7.93. The van der Waals surface area contributed by atoms with Crippen LogP contribution in [-0.2, 0) is 12.5 Å². The van der Waals surface area contributed by atoms with Crippen molar-refractivity contribution in [2.75, 3.05) is 24.5 Å². The molecule has 5 aromatic rings. The summed E-state index contributed by atoms with van der Waals surface area (Å²) in [6, 6.07) is 7.43. The molecule has 37 heavy (non-hydrogen) atoms. The molecule has 11 heteroatoms. The number of nitrogens with two attached hydrogens (primary N) is 1. The summed E-state index contributed by atoms with van der Waals surface area (Å²) in [6.07, 6.45) is 4.42. The van der Waals surface area contributed by atoms with Crippen LogP contribution in [0.3, 0.4) is 0 Å². The van der Waals surface area contributed by atoms with Crippen molar-refractivity contribution < 1.29 is 8.78 Å². The number of H-pyrrole nitrogens is 1. The number of halogens is 3. The molecule has 0 radical (unpaired) electrons. The lowest BCUT2D eigenvalue weighted by Gasteiger charge is -2.26. The predicted molar refractivity (Wildman–Crippen MR) is 137 cm³/mol. The molecule has 0 bridgehead atoms. The maximum Gasteiger partial charge on any atom is 0.177 e. The highest BCUT2D eigenvalue weighted by Gasteiger charge is 2.66. The number of benzene rings is 2. The molecule has 8 nitrogen and oxygen atoms in total. The first kappa shape index (κ1) is 22.6. The van der Waals surface area contributed by atoms with E-state index in [2.05, 4.69) is 25.2 Å². The molecule has 0 unspecified atom stereocenters. The lowest BCUT2D eigenvalue weighted by atomic mass is 9.90. The molecule has 7 rings (SSSR count). The lowest BCUT2D eigenvalue weighted by molar-refractivity contribution is 0.523. The molecule has 4 heterocycles. The Balaban J connectivity index is 1.20. The van der Waals surface area contributed by atoms with E-state index in [1.807, 2.05) is 25.4 Å². The van der Waals surface area contributed by atoms with Crippen molar-refractivity contribution in [3.8, 4) is 11.3 Å². The Hall–Kier alpha value is -3.63. The highest BCUT2D eigenvalue weighted by molar-refractivity contribution is 6.38. The Bertz CT molecular complexity index is 1700. The molecule has 1 aliphatic heterocycles. The van der Waals surface area contributed by atoms with E-state index in [-0.39, 0.29) is 18.4 Å². The maximum atomic E-state index is 14.7. The number of aryl methyl sites for hydroxylation is 1. The molecule has 1 aliphatic carbocycles. The number of nitrogens with zero attached hydrogens (tertiary/aromatic N) is 6. The summed E-state index contributed by atoms with van der Waals surface area (Å²) in [6.45, 7) is 1.64. The van der Waals surface area contributed by atoms with Gasteiger partial charge in [0.25, 0.3) is 0 Å². The number of rotatable bonds is 4. The van der Waals surface area contributed by atoms with Crippen LogP contribution in [0.1, 0.15) is 12.0 Å². The van der Waals surface area contributed by atoms with E-state index >= 15 is 0 Å². The summed E-state index contributed by atoms with van der Waals surface area (Å²) >= 11 is 6.71. The van der Waals surface area contributed by atoms with Gasteiger partial charge in [-0.3, -0.25) is 9.78 Å². The zero-order valence-corrected chi connectivity index (χ0v) is 20.7. The van der Waals surface area contributed by atoms with E-state index in [0.29, 0.717) is 39.8 Å². The van der Waals surface area contributed by atoms with Gasteiger partial charge in [-0.2, -0.15) is 10.2 Å². The van der Waals surface area contributed by atoms with E-state index in [9.17, 15) is 8.78 Å². The van der Waals surface area contributed by atoms with Gasteiger partial charge < -0.3 is 10.6 Å². The number of hydrogen-bond donors (Lipinski definition) is 2. The summed E-state index contributed by atoms with van der Waals surface area (Å²) in [4.78, 5) is 11.6. The Kier molecular flexibility index (Phi) is 4.84. The van der Waals surface area contributed by atoms with Crippen LogP contribution >= 0.6 is 11.6 Å². The van der Waals surface area contributed by atoms with Crippen LogP contribution in [0.4, 0.5) is 14.6 Å². The predicted octanol–water partition coefficient (Wildman–Crippen LogP) is 4.19. The third-order valence-corrected chi connectivity index (χ3v) is 8.58. The first-order valence-electron chi connectivity index (χ1n) is 12.1. The third-order valence-electron chi connectivity index (χ3n) is 8.17. The van der Waals surface area contributed by atoms with Crippen molar-refractivity contribution in [1.82, 2.24) is 29.9 Å². The molecule has 2 aliphatic rings. The van der Waals surface area contributed by atoms with Gasteiger partial charge in [0.15, 0.2) is 5.65 Å². The van der Waals surface area contributed by atoms with Crippen molar-refractivity contribution in [3.63, 3.8) is 0 Å². The fourth-order valence-electron chi connectivity index (χ4n) is 6.35.